The summed E-state index contributed by atoms with van der Waals surface area (Å²) in [7, 11) is 9.05. The molecule has 4 rings (SSSR count). The zero-order valence-corrected chi connectivity index (χ0v) is 24.5. The molecular weight excluding hydrogens is 556 g/mol. The minimum atomic E-state index is -1.48. The molecule has 2 heterocycles. The van der Waals surface area contributed by atoms with Gasteiger partial charge in [0.2, 0.25) is 11.5 Å². The van der Waals surface area contributed by atoms with Gasteiger partial charge in [0.25, 0.3) is 0 Å². The minimum absolute atomic E-state index is 0.0436. The Kier molecular flexibility index (Phi) is 10.6. The van der Waals surface area contributed by atoms with Crippen molar-refractivity contribution in [3.63, 3.8) is 0 Å². The fraction of sp³-hybridized carbons (Fsp3) is 0.586. The third-order valence-electron chi connectivity index (χ3n) is 7.77. The Balaban J connectivity index is 1.76. The Morgan fingerprint density at radius 2 is 1.12 bits per heavy atom. The molecule has 2 aliphatic rings. The molecule has 2 fully saturated rings. The van der Waals surface area contributed by atoms with E-state index < -0.39 is 48.6 Å². The number of rotatable bonds is 12. The summed E-state index contributed by atoms with van der Waals surface area (Å²) < 4.78 is 51.2. The number of methoxy groups -OCH3 is 6. The van der Waals surface area contributed by atoms with E-state index in [0.29, 0.717) is 45.6 Å². The zero-order valence-electron chi connectivity index (χ0n) is 24.5. The van der Waals surface area contributed by atoms with Gasteiger partial charge in [-0.05, 0) is 35.4 Å². The summed E-state index contributed by atoms with van der Waals surface area (Å²) >= 11 is 0. The van der Waals surface area contributed by atoms with Crippen molar-refractivity contribution in [3.8, 4) is 34.5 Å². The van der Waals surface area contributed by atoms with Crippen LogP contribution in [0, 0.1) is 11.8 Å². The van der Waals surface area contributed by atoms with E-state index >= 15 is 0 Å². The second-order valence-electron chi connectivity index (χ2n) is 9.99. The van der Waals surface area contributed by atoms with E-state index in [1.54, 1.807) is 24.3 Å². The van der Waals surface area contributed by atoms with Crippen LogP contribution in [0.1, 0.15) is 23.3 Å². The average Bonchev–Trinajstić information content (AvgIpc) is 3.40. The van der Waals surface area contributed by atoms with Crippen LogP contribution in [0.25, 0.3) is 0 Å². The Morgan fingerprint density at radius 1 is 0.667 bits per heavy atom. The maximum atomic E-state index is 10.7. The SMILES string of the molecule is COc1cc([C@@H]2O[C@@H](c3cc(OC)c(OC)c(OC)c3)[C@@H](CO[C@@H]3OC[C@H](O)[C@H](O)[C@H]3O)[C@@H]2CO)cc(OC)c1OC. The fourth-order valence-corrected chi connectivity index (χ4v) is 5.57. The summed E-state index contributed by atoms with van der Waals surface area (Å²) in [5.41, 5.74) is 1.32. The van der Waals surface area contributed by atoms with Crippen LogP contribution in [0.3, 0.4) is 0 Å². The molecule has 2 aromatic rings. The first-order valence-corrected chi connectivity index (χ1v) is 13.4. The highest BCUT2D eigenvalue weighted by Gasteiger charge is 2.48. The van der Waals surface area contributed by atoms with E-state index in [1.165, 1.54) is 42.7 Å². The molecule has 13 heteroatoms. The van der Waals surface area contributed by atoms with Crippen molar-refractivity contribution in [1.29, 1.82) is 0 Å². The van der Waals surface area contributed by atoms with E-state index in [4.69, 9.17) is 42.6 Å². The molecule has 0 aromatic heterocycles. The third kappa shape index (κ3) is 6.04. The fourth-order valence-electron chi connectivity index (χ4n) is 5.57. The molecule has 13 nitrogen and oxygen atoms in total. The minimum Gasteiger partial charge on any atom is -0.493 e. The number of aliphatic hydroxyl groups is 4. The highest BCUT2D eigenvalue weighted by Crippen LogP contribution is 2.53. The van der Waals surface area contributed by atoms with Crippen LogP contribution < -0.4 is 28.4 Å². The van der Waals surface area contributed by atoms with E-state index in [-0.39, 0.29) is 19.8 Å². The van der Waals surface area contributed by atoms with Crippen LogP contribution in [-0.2, 0) is 14.2 Å². The van der Waals surface area contributed by atoms with Crippen molar-refractivity contribution in [2.75, 3.05) is 62.5 Å². The van der Waals surface area contributed by atoms with Crippen LogP contribution in [0.5, 0.6) is 34.5 Å². The molecule has 0 bridgehead atoms. The average molecular weight is 597 g/mol. The molecule has 0 radical (unpaired) electrons. The lowest BCUT2D eigenvalue weighted by molar-refractivity contribution is -0.274. The largest absolute Gasteiger partial charge is 0.493 e. The summed E-state index contributed by atoms with van der Waals surface area (Å²) in [6.45, 7) is -0.540. The van der Waals surface area contributed by atoms with Crippen LogP contribution in [-0.4, -0.2) is 108 Å². The molecule has 234 valence electrons. The molecule has 2 aliphatic heterocycles. The smallest absolute Gasteiger partial charge is 0.203 e. The van der Waals surface area contributed by atoms with E-state index in [2.05, 4.69) is 0 Å². The van der Waals surface area contributed by atoms with Crippen LogP contribution in [0.2, 0.25) is 0 Å². The second kappa shape index (κ2) is 14.0. The van der Waals surface area contributed by atoms with Crippen molar-refractivity contribution in [2.24, 2.45) is 11.8 Å². The van der Waals surface area contributed by atoms with Gasteiger partial charge in [-0.3, -0.25) is 0 Å². The topological polar surface area (TPSA) is 164 Å². The van der Waals surface area contributed by atoms with Crippen molar-refractivity contribution in [1.82, 2.24) is 0 Å². The number of aliphatic hydroxyl groups excluding tert-OH is 4. The highest BCUT2D eigenvalue weighted by atomic mass is 16.7. The molecule has 4 N–H and O–H groups in total. The zero-order chi connectivity index (χ0) is 30.6. The lowest BCUT2D eigenvalue weighted by Gasteiger charge is -2.36. The van der Waals surface area contributed by atoms with Crippen molar-refractivity contribution in [2.45, 2.75) is 36.8 Å². The number of ether oxygens (including phenoxy) is 9. The lowest BCUT2D eigenvalue weighted by Crippen LogP contribution is -2.54. The molecule has 2 aromatic carbocycles. The van der Waals surface area contributed by atoms with E-state index in [9.17, 15) is 20.4 Å². The van der Waals surface area contributed by atoms with Crippen molar-refractivity contribution >= 4 is 0 Å². The van der Waals surface area contributed by atoms with Gasteiger partial charge in [-0.15, -0.1) is 0 Å². The second-order valence-corrected chi connectivity index (χ2v) is 9.99. The lowest BCUT2D eigenvalue weighted by atomic mass is 9.83. The van der Waals surface area contributed by atoms with E-state index in [0.717, 1.165) is 0 Å². The summed E-state index contributed by atoms with van der Waals surface area (Å²) in [6, 6.07) is 7.04. The molecule has 0 amide bonds. The van der Waals surface area contributed by atoms with Gasteiger partial charge in [0, 0.05) is 18.4 Å². The standard InChI is InChI=1S/C29H40O13/c1-34-19-7-14(8-20(35-2)27(19)38-5)25-16(11-30)17(12-40-29-24(33)23(32)18(31)13-41-29)26(42-25)15-9-21(36-3)28(39-6)22(10-15)37-4/h7-10,16-18,23-26,29-33H,11-13H2,1-6H3/t16-,17-,18-,23-,24+,25-,26-,29+/m0/s1. The van der Waals surface area contributed by atoms with Gasteiger partial charge in [-0.1, -0.05) is 0 Å². The first-order chi connectivity index (χ1) is 20.3. The number of benzene rings is 2. The molecule has 0 aliphatic carbocycles. The van der Waals surface area contributed by atoms with Gasteiger partial charge in [-0.2, -0.15) is 0 Å². The van der Waals surface area contributed by atoms with Gasteiger partial charge in [0.1, 0.15) is 18.3 Å². The number of hydrogen-bond donors (Lipinski definition) is 4. The molecule has 0 spiro atoms. The highest BCUT2D eigenvalue weighted by molar-refractivity contribution is 5.56. The van der Waals surface area contributed by atoms with E-state index in [1.807, 2.05) is 0 Å². The first-order valence-electron chi connectivity index (χ1n) is 13.4. The Hall–Kier alpha value is -3.04. The predicted molar refractivity (Wildman–Crippen MR) is 147 cm³/mol. The van der Waals surface area contributed by atoms with Gasteiger partial charge >= 0.3 is 0 Å². The molecule has 2 saturated heterocycles. The third-order valence-corrected chi connectivity index (χ3v) is 7.77. The maximum Gasteiger partial charge on any atom is 0.203 e. The van der Waals surface area contributed by atoms with Crippen LogP contribution >= 0.6 is 0 Å². The van der Waals surface area contributed by atoms with Crippen molar-refractivity contribution in [3.05, 3.63) is 35.4 Å². The number of hydrogen-bond acceptors (Lipinski definition) is 13. The van der Waals surface area contributed by atoms with Crippen LogP contribution in [0.4, 0.5) is 0 Å². The normalized spacial score (nSPS) is 29.2. The maximum absolute atomic E-state index is 10.7. The first kappa shape index (κ1) is 31.9. The summed E-state index contributed by atoms with van der Waals surface area (Å²) in [5, 5.41) is 41.1. The quantitative estimate of drug-likeness (QED) is 0.277. The summed E-state index contributed by atoms with van der Waals surface area (Å²) in [4.78, 5) is 0. The molecule has 0 unspecified atom stereocenters. The van der Waals surface area contributed by atoms with Gasteiger partial charge in [0.05, 0.1) is 68.1 Å². The van der Waals surface area contributed by atoms with Crippen molar-refractivity contribution < 1.29 is 63.1 Å². The Bertz CT molecular complexity index is 1140. The van der Waals surface area contributed by atoms with Crippen LogP contribution in [0.15, 0.2) is 24.3 Å². The van der Waals surface area contributed by atoms with Gasteiger partial charge < -0.3 is 63.1 Å². The van der Waals surface area contributed by atoms with Gasteiger partial charge in [-0.25, -0.2) is 0 Å². The predicted octanol–water partition coefficient (Wildman–Crippen LogP) is 1.23. The molecule has 8 atom stereocenters. The molecular formula is C29H40O13. The molecule has 0 saturated carbocycles. The molecule has 42 heavy (non-hydrogen) atoms. The summed E-state index contributed by atoms with van der Waals surface area (Å²) in [6.07, 6.45) is -6.69. The van der Waals surface area contributed by atoms with Gasteiger partial charge in [0.15, 0.2) is 29.3 Å². The Morgan fingerprint density at radius 3 is 1.52 bits per heavy atom. The Labute approximate surface area is 244 Å². The monoisotopic (exact) mass is 596 g/mol. The summed E-state index contributed by atoms with van der Waals surface area (Å²) in [5.74, 6) is 1.46.